The number of carbonyl (C=O) groups is 1. The monoisotopic (exact) mass is 475 g/mol. The number of rotatable bonds is 8. The average Bonchev–Trinajstić information content (AvgIpc) is 2.79. The Labute approximate surface area is 196 Å². The van der Waals surface area contributed by atoms with Gasteiger partial charge in [-0.2, -0.15) is 4.31 Å². The summed E-state index contributed by atoms with van der Waals surface area (Å²) in [5.74, 6) is 0.372. The van der Waals surface area contributed by atoms with Crippen LogP contribution in [0.1, 0.15) is 38.3 Å². The highest BCUT2D eigenvalue weighted by atomic mass is 32.2. The van der Waals surface area contributed by atoms with Crippen LogP contribution in [0.2, 0.25) is 0 Å². The smallest absolute Gasteiger partial charge is 0.243 e. The number of benzene rings is 2. The molecule has 0 spiro atoms. The quantitative estimate of drug-likeness (QED) is 0.581. The molecule has 0 unspecified atom stereocenters. The van der Waals surface area contributed by atoms with Gasteiger partial charge in [0.05, 0.1) is 17.5 Å². The molecule has 32 heavy (non-hydrogen) atoms. The summed E-state index contributed by atoms with van der Waals surface area (Å²) in [7, 11) is -2.30. The maximum atomic E-state index is 12.8. The van der Waals surface area contributed by atoms with Crippen molar-refractivity contribution in [1.29, 1.82) is 0 Å². The van der Waals surface area contributed by atoms with E-state index in [9.17, 15) is 13.2 Å². The van der Waals surface area contributed by atoms with Crippen LogP contribution in [-0.4, -0.2) is 51.6 Å². The van der Waals surface area contributed by atoms with Crippen molar-refractivity contribution in [3.8, 4) is 0 Å². The third-order valence-electron chi connectivity index (χ3n) is 5.93. The minimum Gasteiger partial charge on any atom is -0.371 e. The summed E-state index contributed by atoms with van der Waals surface area (Å²) in [6.45, 7) is 6.12. The largest absolute Gasteiger partial charge is 0.371 e. The molecule has 174 valence electrons. The predicted molar refractivity (Wildman–Crippen MR) is 132 cm³/mol. The van der Waals surface area contributed by atoms with E-state index >= 15 is 0 Å². The standard InChI is InChI=1S/C24H33N3O3S2/c1-18-6-5-15-27(16-18)21-9-7-20(8-10-21)19(2)25-24(28)17-26(3)32(29,30)23-13-11-22(31-4)12-14-23/h7-14,18-19H,5-6,15-17H2,1-4H3,(H,25,28)/t18-,19-/m1/s1. The number of anilines is 1. The average molecular weight is 476 g/mol. The van der Waals surface area contributed by atoms with Crippen LogP contribution in [0, 0.1) is 5.92 Å². The molecule has 1 saturated heterocycles. The molecule has 0 radical (unpaired) electrons. The summed E-state index contributed by atoms with van der Waals surface area (Å²) >= 11 is 1.55. The molecule has 0 bridgehead atoms. The van der Waals surface area contributed by atoms with Crippen LogP contribution >= 0.6 is 11.8 Å². The topological polar surface area (TPSA) is 69.7 Å². The molecule has 6 nitrogen and oxygen atoms in total. The minimum absolute atomic E-state index is 0.182. The first kappa shape index (κ1) is 24.6. The molecule has 0 aromatic heterocycles. The van der Waals surface area contributed by atoms with Crippen molar-refractivity contribution in [2.24, 2.45) is 5.92 Å². The fourth-order valence-electron chi connectivity index (χ4n) is 3.98. The summed E-state index contributed by atoms with van der Waals surface area (Å²) in [6.07, 6.45) is 4.43. The number of hydrogen-bond donors (Lipinski definition) is 1. The van der Waals surface area contributed by atoms with Gasteiger partial charge in [-0.3, -0.25) is 4.79 Å². The molecule has 1 fully saturated rings. The molecule has 1 amide bonds. The van der Waals surface area contributed by atoms with Gasteiger partial charge in [0, 0.05) is 30.7 Å². The Kier molecular flexibility index (Phi) is 8.25. The Hall–Kier alpha value is -2.03. The number of likely N-dealkylation sites (N-methyl/N-ethyl adjacent to an activating group) is 1. The van der Waals surface area contributed by atoms with E-state index in [1.54, 1.807) is 36.0 Å². The van der Waals surface area contributed by atoms with Crippen molar-refractivity contribution in [3.63, 3.8) is 0 Å². The third kappa shape index (κ3) is 6.05. The van der Waals surface area contributed by atoms with Gasteiger partial charge in [0.25, 0.3) is 0 Å². The van der Waals surface area contributed by atoms with Crippen LogP contribution in [0.25, 0.3) is 0 Å². The van der Waals surface area contributed by atoms with E-state index in [2.05, 4.69) is 29.3 Å². The SMILES string of the molecule is CSc1ccc(S(=O)(=O)N(C)CC(=O)N[C@H](C)c2ccc(N3CCC[C@@H](C)C3)cc2)cc1. The van der Waals surface area contributed by atoms with E-state index in [1.165, 1.54) is 25.6 Å². The first-order chi connectivity index (χ1) is 15.2. The zero-order valence-corrected chi connectivity index (χ0v) is 20.9. The number of sulfonamides is 1. The van der Waals surface area contributed by atoms with E-state index in [-0.39, 0.29) is 23.4 Å². The number of nitrogens with one attached hydrogen (secondary N) is 1. The summed E-state index contributed by atoms with van der Waals surface area (Å²) in [6, 6.07) is 14.7. The molecule has 0 aliphatic carbocycles. The molecule has 1 heterocycles. The van der Waals surface area contributed by atoms with Crippen LogP contribution in [0.3, 0.4) is 0 Å². The lowest BCUT2D eigenvalue weighted by Gasteiger charge is -2.33. The lowest BCUT2D eigenvalue weighted by Crippen LogP contribution is -2.39. The summed E-state index contributed by atoms with van der Waals surface area (Å²) in [4.78, 5) is 16.1. The second-order valence-electron chi connectivity index (χ2n) is 8.51. The van der Waals surface area contributed by atoms with Crippen molar-refractivity contribution >= 4 is 33.4 Å². The summed E-state index contributed by atoms with van der Waals surface area (Å²) < 4.78 is 26.6. The molecule has 2 atom stereocenters. The number of amides is 1. The zero-order chi connectivity index (χ0) is 23.3. The number of nitrogens with zero attached hydrogens (tertiary/aromatic N) is 2. The molecule has 2 aromatic carbocycles. The lowest BCUT2D eigenvalue weighted by atomic mass is 9.99. The first-order valence-electron chi connectivity index (χ1n) is 11.0. The number of hydrogen-bond acceptors (Lipinski definition) is 5. The van der Waals surface area contributed by atoms with Crippen LogP contribution in [0.4, 0.5) is 5.69 Å². The van der Waals surface area contributed by atoms with Gasteiger partial charge in [-0.25, -0.2) is 8.42 Å². The first-order valence-corrected chi connectivity index (χ1v) is 13.6. The predicted octanol–water partition coefficient (Wildman–Crippen LogP) is 4.14. The molecule has 1 aliphatic rings. The fourth-order valence-corrected chi connectivity index (χ4v) is 5.52. The van der Waals surface area contributed by atoms with E-state index in [0.717, 1.165) is 27.9 Å². The molecule has 1 aliphatic heterocycles. The van der Waals surface area contributed by atoms with Crippen molar-refractivity contribution in [3.05, 3.63) is 54.1 Å². The Bertz CT molecular complexity index is 1010. The number of thioether (sulfide) groups is 1. The van der Waals surface area contributed by atoms with Gasteiger partial charge in [0.2, 0.25) is 15.9 Å². The molecule has 0 saturated carbocycles. The van der Waals surface area contributed by atoms with Crippen LogP contribution < -0.4 is 10.2 Å². The van der Waals surface area contributed by atoms with Crippen molar-refractivity contribution in [1.82, 2.24) is 9.62 Å². The van der Waals surface area contributed by atoms with Crippen molar-refractivity contribution in [2.45, 2.75) is 42.5 Å². The highest BCUT2D eigenvalue weighted by Crippen LogP contribution is 2.25. The second-order valence-corrected chi connectivity index (χ2v) is 11.4. The number of piperidine rings is 1. The summed E-state index contributed by atoms with van der Waals surface area (Å²) in [5.41, 5.74) is 2.20. The second kappa shape index (κ2) is 10.7. The zero-order valence-electron chi connectivity index (χ0n) is 19.2. The van der Waals surface area contributed by atoms with Crippen LogP contribution in [0.15, 0.2) is 58.3 Å². The van der Waals surface area contributed by atoms with E-state index < -0.39 is 10.0 Å². The van der Waals surface area contributed by atoms with Gasteiger partial charge in [-0.05, 0) is 73.9 Å². The van der Waals surface area contributed by atoms with Gasteiger partial charge in [-0.15, -0.1) is 11.8 Å². The van der Waals surface area contributed by atoms with Gasteiger partial charge >= 0.3 is 0 Å². The maximum Gasteiger partial charge on any atom is 0.243 e. The minimum atomic E-state index is -3.72. The summed E-state index contributed by atoms with van der Waals surface area (Å²) in [5, 5.41) is 2.91. The van der Waals surface area contributed by atoms with Crippen LogP contribution in [0.5, 0.6) is 0 Å². The normalized spacial score (nSPS) is 17.9. The Morgan fingerprint density at radius 1 is 1.19 bits per heavy atom. The Morgan fingerprint density at radius 2 is 1.84 bits per heavy atom. The third-order valence-corrected chi connectivity index (χ3v) is 8.49. The Morgan fingerprint density at radius 3 is 2.44 bits per heavy atom. The molecule has 2 aromatic rings. The molecule has 1 N–H and O–H groups in total. The van der Waals surface area contributed by atoms with Gasteiger partial charge in [0.1, 0.15) is 0 Å². The molecular formula is C24H33N3O3S2. The lowest BCUT2D eigenvalue weighted by molar-refractivity contribution is -0.121. The van der Waals surface area contributed by atoms with E-state index in [1.807, 2.05) is 25.3 Å². The van der Waals surface area contributed by atoms with Gasteiger partial charge in [0.15, 0.2) is 0 Å². The highest BCUT2D eigenvalue weighted by molar-refractivity contribution is 7.98. The van der Waals surface area contributed by atoms with Crippen LogP contribution in [-0.2, 0) is 14.8 Å². The van der Waals surface area contributed by atoms with Gasteiger partial charge in [-0.1, -0.05) is 19.1 Å². The van der Waals surface area contributed by atoms with E-state index in [0.29, 0.717) is 5.92 Å². The van der Waals surface area contributed by atoms with E-state index in [4.69, 9.17) is 0 Å². The van der Waals surface area contributed by atoms with Crippen molar-refractivity contribution < 1.29 is 13.2 Å². The highest BCUT2D eigenvalue weighted by Gasteiger charge is 2.24. The molecule has 8 heteroatoms. The van der Waals surface area contributed by atoms with Gasteiger partial charge < -0.3 is 10.2 Å². The Balaban J connectivity index is 1.57. The van der Waals surface area contributed by atoms with Crippen molar-refractivity contribution in [2.75, 3.05) is 37.8 Å². The maximum absolute atomic E-state index is 12.8. The molecular weight excluding hydrogens is 442 g/mol. The molecule has 3 rings (SSSR count). The number of carbonyl (C=O) groups excluding carboxylic acids is 1. The fraction of sp³-hybridized carbons (Fsp3) is 0.458.